The number of carbonyl (C=O) groups is 1. The van der Waals surface area contributed by atoms with Crippen LogP contribution in [0, 0.1) is 0 Å². The Bertz CT molecular complexity index is 583. The van der Waals surface area contributed by atoms with Crippen LogP contribution in [0.3, 0.4) is 0 Å². The van der Waals surface area contributed by atoms with Gasteiger partial charge in [0.05, 0.1) is 0 Å². The van der Waals surface area contributed by atoms with E-state index in [2.05, 4.69) is 47.3 Å². The van der Waals surface area contributed by atoms with Crippen molar-refractivity contribution in [3.63, 3.8) is 0 Å². The molecule has 0 bridgehead atoms. The van der Waals surface area contributed by atoms with E-state index in [0.29, 0.717) is 5.78 Å². The summed E-state index contributed by atoms with van der Waals surface area (Å²) < 4.78 is 2.21. The van der Waals surface area contributed by atoms with Crippen LogP contribution in [0.5, 0.6) is 0 Å². The van der Waals surface area contributed by atoms with Gasteiger partial charge in [0.2, 0.25) is 0 Å². The van der Waals surface area contributed by atoms with Gasteiger partial charge in [0.1, 0.15) is 0 Å². The number of carbonyl (C=O) groups excluding carboxylic acids is 1. The second kappa shape index (κ2) is 6.08. The lowest BCUT2D eigenvalue weighted by molar-refractivity contribution is 0.0982. The van der Waals surface area contributed by atoms with E-state index in [9.17, 15) is 4.79 Å². The first-order valence-corrected chi connectivity index (χ1v) is 7.59. The SMILES string of the molecule is O=C1CCCCc2cn(CCCc3ccccc3)cc21. The van der Waals surface area contributed by atoms with Gasteiger partial charge in [-0.3, -0.25) is 4.79 Å². The molecule has 104 valence electrons. The number of hydrogen-bond acceptors (Lipinski definition) is 1. The zero-order chi connectivity index (χ0) is 13.8. The number of nitrogens with zero attached hydrogens (tertiary/aromatic N) is 1. The molecule has 1 heterocycles. The highest BCUT2D eigenvalue weighted by Crippen LogP contribution is 2.21. The quantitative estimate of drug-likeness (QED) is 0.767. The van der Waals surface area contributed by atoms with E-state index in [1.807, 2.05) is 0 Å². The van der Waals surface area contributed by atoms with Gasteiger partial charge in [-0.05, 0) is 43.2 Å². The summed E-state index contributed by atoms with van der Waals surface area (Å²) in [7, 11) is 0. The molecule has 1 aromatic carbocycles. The molecule has 0 spiro atoms. The Kier molecular flexibility index (Phi) is 4.00. The van der Waals surface area contributed by atoms with Crippen molar-refractivity contribution < 1.29 is 4.79 Å². The Hall–Kier alpha value is -1.83. The molecule has 2 aromatic rings. The average Bonchev–Trinajstić information content (AvgIpc) is 2.80. The Balaban J connectivity index is 1.61. The average molecular weight is 267 g/mol. The van der Waals surface area contributed by atoms with Crippen molar-refractivity contribution in [2.75, 3.05) is 0 Å². The smallest absolute Gasteiger partial charge is 0.164 e. The number of benzene rings is 1. The van der Waals surface area contributed by atoms with Crippen LogP contribution in [-0.4, -0.2) is 10.4 Å². The van der Waals surface area contributed by atoms with Crippen molar-refractivity contribution in [1.82, 2.24) is 4.57 Å². The topological polar surface area (TPSA) is 22.0 Å². The van der Waals surface area contributed by atoms with Crippen molar-refractivity contribution in [3.8, 4) is 0 Å². The van der Waals surface area contributed by atoms with Gasteiger partial charge in [0.15, 0.2) is 5.78 Å². The van der Waals surface area contributed by atoms with Crippen molar-refractivity contribution in [2.24, 2.45) is 0 Å². The van der Waals surface area contributed by atoms with Gasteiger partial charge in [-0.1, -0.05) is 30.3 Å². The number of fused-ring (bicyclic) bond motifs is 1. The van der Waals surface area contributed by atoms with Crippen LogP contribution in [0.2, 0.25) is 0 Å². The van der Waals surface area contributed by atoms with E-state index in [0.717, 1.165) is 50.6 Å². The number of hydrogen-bond donors (Lipinski definition) is 0. The molecule has 3 rings (SSSR count). The van der Waals surface area contributed by atoms with Crippen LogP contribution in [0.25, 0.3) is 0 Å². The lowest BCUT2D eigenvalue weighted by Crippen LogP contribution is -1.99. The number of aromatic nitrogens is 1. The first-order chi connectivity index (χ1) is 9.83. The molecular weight excluding hydrogens is 246 g/mol. The Morgan fingerprint density at radius 2 is 1.80 bits per heavy atom. The summed E-state index contributed by atoms with van der Waals surface area (Å²) in [4.78, 5) is 12.0. The number of rotatable bonds is 4. The summed E-state index contributed by atoms with van der Waals surface area (Å²) in [6, 6.07) is 10.6. The first-order valence-electron chi connectivity index (χ1n) is 7.59. The predicted octanol–water partition coefficient (Wildman–Crippen LogP) is 4.03. The van der Waals surface area contributed by atoms with Gasteiger partial charge in [0.25, 0.3) is 0 Å². The molecule has 2 heteroatoms. The summed E-state index contributed by atoms with van der Waals surface area (Å²) in [6.45, 7) is 0.995. The molecule has 0 aliphatic heterocycles. The summed E-state index contributed by atoms with van der Waals surface area (Å²) in [5, 5.41) is 0. The molecule has 0 amide bonds. The molecule has 0 atom stereocenters. The van der Waals surface area contributed by atoms with E-state index >= 15 is 0 Å². The summed E-state index contributed by atoms with van der Waals surface area (Å²) in [5.41, 5.74) is 3.62. The minimum absolute atomic E-state index is 0.333. The lowest BCUT2D eigenvalue weighted by atomic mass is 10.1. The fourth-order valence-corrected chi connectivity index (χ4v) is 2.98. The molecule has 1 aliphatic carbocycles. The molecule has 20 heavy (non-hydrogen) atoms. The van der Waals surface area contributed by atoms with Crippen LogP contribution in [0.4, 0.5) is 0 Å². The minimum Gasteiger partial charge on any atom is -0.353 e. The standard InChI is InChI=1S/C18H21NO/c20-18-11-5-4-10-16-13-19(14-17(16)18)12-6-9-15-7-2-1-3-8-15/h1-3,7-8,13-14H,4-6,9-12H2. The monoisotopic (exact) mass is 267 g/mol. The number of aryl methyl sites for hydroxylation is 3. The summed E-state index contributed by atoms with van der Waals surface area (Å²) >= 11 is 0. The summed E-state index contributed by atoms with van der Waals surface area (Å²) in [6.07, 6.45) is 10.4. The van der Waals surface area contributed by atoms with Crippen LogP contribution in [-0.2, 0) is 19.4 Å². The number of Topliss-reactive ketones (excluding diaryl/α,β-unsaturated/α-hetero) is 1. The second-order valence-electron chi connectivity index (χ2n) is 5.65. The van der Waals surface area contributed by atoms with E-state index in [1.165, 1.54) is 11.1 Å². The Morgan fingerprint density at radius 1 is 1.00 bits per heavy atom. The maximum absolute atomic E-state index is 12.0. The molecule has 2 nitrogen and oxygen atoms in total. The van der Waals surface area contributed by atoms with E-state index in [1.54, 1.807) is 0 Å². The van der Waals surface area contributed by atoms with Crippen molar-refractivity contribution in [2.45, 2.75) is 45.1 Å². The molecule has 0 fully saturated rings. The zero-order valence-electron chi connectivity index (χ0n) is 11.8. The van der Waals surface area contributed by atoms with E-state index in [4.69, 9.17) is 0 Å². The Morgan fingerprint density at radius 3 is 2.65 bits per heavy atom. The third-order valence-corrected chi connectivity index (χ3v) is 4.09. The van der Waals surface area contributed by atoms with E-state index in [-0.39, 0.29) is 0 Å². The zero-order valence-corrected chi connectivity index (χ0v) is 11.8. The molecule has 0 saturated heterocycles. The van der Waals surface area contributed by atoms with Gasteiger partial charge >= 0.3 is 0 Å². The van der Waals surface area contributed by atoms with Crippen LogP contribution in [0.1, 0.15) is 47.2 Å². The highest BCUT2D eigenvalue weighted by atomic mass is 16.1. The fraction of sp³-hybridized carbons (Fsp3) is 0.389. The highest BCUT2D eigenvalue weighted by molar-refractivity contribution is 5.97. The van der Waals surface area contributed by atoms with Gasteiger partial charge in [-0.25, -0.2) is 0 Å². The fourth-order valence-electron chi connectivity index (χ4n) is 2.98. The maximum Gasteiger partial charge on any atom is 0.164 e. The molecular formula is C18H21NO. The van der Waals surface area contributed by atoms with Gasteiger partial charge in [0, 0.05) is 30.9 Å². The van der Waals surface area contributed by atoms with Crippen LogP contribution >= 0.6 is 0 Å². The van der Waals surface area contributed by atoms with Gasteiger partial charge in [-0.15, -0.1) is 0 Å². The Labute approximate surface area is 120 Å². The summed E-state index contributed by atoms with van der Waals surface area (Å²) in [5.74, 6) is 0.333. The molecule has 1 aliphatic rings. The highest BCUT2D eigenvalue weighted by Gasteiger charge is 2.17. The van der Waals surface area contributed by atoms with E-state index < -0.39 is 0 Å². The molecule has 0 unspecified atom stereocenters. The largest absolute Gasteiger partial charge is 0.353 e. The number of ketones is 1. The molecule has 0 radical (unpaired) electrons. The first kappa shape index (κ1) is 13.2. The van der Waals surface area contributed by atoms with Crippen molar-refractivity contribution in [3.05, 3.63) is 59.4 Å². The van der Waals surface area contributed by atoms with Crippen LogP contribution < -0.4 is 0 Å². The predicted molar refractivity (Wildman–Crippen MR) is 81.1 cm³/mol. The van der Waals surface area contributed by atoms with Gasteiger partial charge < -0.3 is 4.57 Å². The van der Waals surface area contributed by atoms with Crippen molar-refractivity contribution in [1.29, 1.82) is 0 Å². The minimum atomic E-state index is 0.333. The normalized spacial score (nSPS) is 14.9. The van der Waals surface area contributed by atoms with Crippen LogP contribution in [0.15, 0.2) is 42.7 Å². The van der Waals surface area contributed by atoms with Gasteiger partial charge in [-0.2, -0.15) is 0 Å². The third kappa shape index (κ3) is 3.01. The third-order valence-electron chi connectivity index (χ3n) is 4.09. The lowest BCUT2D eigenvalue weighted by Gasteiger charge is -2.03. The maximum atomic E-state index is 12.0. The molecule has 1 aromatic heterocycles. The molecule has 0 saturated carbocycles. The molecule has 0 N–H and O–H groups in total. The van der Waals surface area contributed by atoms with Crippen molar-refractivity contribution >= 4 is 5.78 Å². The second-order valence-corrected chi connectivity index (χ2v) is 5.65.